The van der Waals surface area contributed by atoms with Gasteiger partial charge in [0.15, 0.2) is 5.79 Å². The largest absolute Gasteiger partial charge is 0.395 e. The summed E-state index contributed by atoms with van der Waals surface area (Å²) in [6.07, 6.45) is 1.34. The van der Waals surface area contributed by atoms with E-state index in [0.717, 1.165) is 23.7 Å². The molecule has 5 aliphatic carbocycles. The Morgan fingerprint density at radius 1 is 1.12 bits per heavy atom. The van der Waals surface area contributed by atoms with Gasteiger partial charge in [-0.25, -0.2) is 0 Å². The van der Waals surface area contributed by atoms with Crippen LogP contribution in [0.3, 0.4) is 0 Å². The molecule has 5 saturated carbocycles. The van der Waals surface area contributed by atoms with Crippen molar-refractivity contribution in [1.29, 1.82) is 0 Å². The van der Waals surface area contributed by atoms with E-state index < -0.39 is 5.79 Å². The molecule has 10 atom stereocenters. The highest BCUT2D eigenvalue weighted by Crippen LogP contribution is 2.91. The molecule has 0 unspecified atom stereocenters. The van der Waals surface area contributed by atoms with Crippen LogP contribution in [0.1, 0.15) is 6.42 Å². The zero-order valence-corrected chi connectivity index (χ0v) is 9.54. The Labute approximate surface area is 99.3 Å². The zero-order chi connectivity index (χ0) is 11.2. The molecule has 2 aliphatic heterocycles. The van der Waals surface area contributed by atoms with E-state index in [0.29, 0.717) is 30.2 Å². The van der Waals surface area contributed by atoms with Crippen LogP contribution in [0.2, 0.25) is 0 Å². The summed E-state index contributed by atoms with van der Waals surface area (Å²) < 4.78 is 6.18. The normalized spacial score (nSPS) is 78.7. The Bertz CT molecular complexity index is 456. The molecule has 7 fully saturated rings. The molecule has 17 heavy (non-hydrogen) atoms. The second kappa shape index (κ2) is 2.09. The van der Waals surface area contributed by atoms with Crippen LogP contribution in [0.5, 0.6) is 0 Å². The molecule has 2 saturated heterocycles. The molecule has 3 N–H and O–H groups in total. The average Bonchev–Trinajstić information content (AvgIpc) is 2.86. The maximum absolute atomic E-state index is 10.9. The third-order valence-corrected chi connectivity index (χ3v) is 7.29. The second-order valence-corrected chi connectivity index (χ2v) is 7.12. The van der Waals surface area contributed by atoms with Crippen molar-refractivity contribution >= 4 is 0 Å². The fourth-order valence-electron chi connectivity index (χ4n) is 7.59. The van der Waals surface area contributed by atoms with Gasteiger partial charge in [-0.2, -0.15) is 0 Å². The summed E-state index contributed by atoms with van der Waals surface area (Å²) in [6, 6.07) is 0. The van der Waals surface area contributed by atoms with Crippen molar-refractivity contribution in [3.8, 4) is 0 Å². The molecule has 0 radical (unpaired) electrons. The summed E-state index contributed by atoms with van der Waals surface area (Å²) in [6.45, 7) is 0.748. The van der Waals surface area contributed by atoms with Crippen molar-refractivity contribution in [1.82, 2.24) is 5.32 Å². The lowest BCUT2D eigenvalue weighted by Gasteiger charge is -2.46. The minimum absolute atomic E-state index is 0.153. The van der Waals surface area contributed by atoms with Gasteiger partial charge in [-0.05, 0) is 30.1 Å². The van der Waals surface area contributed by atoms with Crippen LogP contribution in [0.25, 0.3) is 0 Å². The Kier molecular flexibility index (Phi) is 1.09. The predicted octanol–water partition coefficient (Wildman–Crippen LogP) is -0.629. The SMILES string of the molecule is OCCN[C@@]12O[C@@]3(O)[C@@H]4[C@H]5[C@H]6C[C@@H]([C@@H]5[C@@H]41)[C@@H]2[C@H]63. The second-order valence-electron chi connectivity index (χ2n) is 7.12. The Morgan fingerprint density at radius 2 is 1.88 bits per heavy atom. The van der Waals surface area contributed by atoms with Gasteiger partial charge in [0.2, 0.25) is 0 Å². The lowest BCUT2D eigenvalue weighted by molar-refractivity contribution is -0.215. The fourth-order valence-corrected chi connectivity index (χ4v) is 7.59. The molecule has 0 spiro atoms. The van der Waals surface area contributed by atoms with Crippen molar-refractivity contribution in [2.45, 2.75) is 17.9 Å². The van der Waals surface area contributed by atoms with Crippen LogP contribution in [-0.4, -0.2) is 34.9 Å². The van der Waals surface area contributed by atoms with E-state index >= 15 is 0 Å². The zero-order valence-electron chi connectivity index (χ0n) is 9.54. The number of hydrogen-bond donors (Lipinski definition) is 3. The van der Waals surface area contributed by atoms with E-state index in [-0.39, 0.29) is 12.3 Å². The molecule has 4 heteroatoms. The predicted molar refractivity (Wildman–Crippen MR) is 56.4 cm³/mol. The molecule has 0 aromatic rings. The van der Waals surface area contributed by atoms with E-state index in [4.69, 9.17) is 9.84 Å². The number of rotatable bonds is 3. The van der Waals surface area contributed by atoms with E-state index in [1.807, 2.05) is 0 Å². The summed E-state index contributed by atoms with van der Waals surface area (Å²) in [7, 11) is 0. The maximum atomic E-state index is 10.9. The number of aliphatic hydroxyl groups excluding tert-OH is 1. The van der Waals surface area contributed by atoms with Crippen molar-refractivity contribution in [2.75, 3.05) is 13.2 Å². The van der Waals surface area contributed by atoms with Gasteiger partial charge < -0.3 is 14.9 Å². The quantitative estimate of drug-likeness (QED) is 0.609. The van der Waals surface area contributed by atoms with Crippen molar-refractivity contribution in [3.63, 3.8) is 0 Å². The first kappa shape index (κ1) is 8.86. The Hall–Kier alpha value is -0.160. The molecule has 2 heterocycles. The molecular weight excluding hydrogens is 218 g/mol. The van der Waals surface area contributed by atoms with Crippen molar-refractivity contribution in [2.24, 2.45) is 47.3 Å². The number of aliphatic hydroxyl groups is 2. The molecule has 4 bridgehead atoms. The highest BCUT2D eigenvalue weighted by atomic mass is 16.7. The molecule has 0 amide bonds. The Morgan fingerprint density at radius 3 is 2.71 bits per heavy atom. The fraction of sp³-hybridized carbons (Fsp3) is 1.00. The molecule has 7 rings (SSSR count). The van der Waals surface area contributed by atoms with Gasteiger partial charge in [-0.15, -0.1) is 0 Å². The van der Waals surface area contributed by atoms with Crippen LogP contribution in [0, 0.1) is 47.3 Å². The van der Waals surface area contributed by atoms with Crippen molar-refractivity contribution < 1.29 is 14.9 Å². The third-order valence-electron chi connectivity index (χ3n) is 7.29. The van der Waals surface area contributed by atoms with Crippen LogP contribution >= 0.6 is 0 Å². The van der Waals surface area contributed by atoms with Crippen LogP contribution in [0.15, 0.2) is 0 Å². The lowest BCUT2D eigenvalue weighted by Crippen LogP contribution is -2.57. The summed E-state index contributed by atoms with van der Waals surface area (Å²) in [5.41, 5.74) is -0.260. The van der Waals surface area contributed by atoms with Gasteiger partial charge in [0, 0.05) is 30.2 Å². The highest BCUT2D eigenvalue weighted by molar-refractivity contribution is 5.40. The minimum Gasteiger partial charge on any atom is -0.395 e. The van der Waals surface area contributed by atoms with Gasteiger partial charge in [0.1, 0.15) is 5.72 Å². The molecule has 0 aromatic heterocycles. The van der Waals surface area contributed by atoms with Crippen molar-refractivity contribution in [3.05, 3.63) is 0 Å². The number of hydrogen-bond acceptors (Lipinski definition) is 4. The van der Waals surface area contributed by atoms with Crippen LogP contribution < -0.4 is 5.32 Å². The monoisotopic (exact) mass is 235 g/mol. The van der Waals surface area contributed by atoms with Gasteiger partial charge in [-0.3, -0.25) is 5.32 Å². The van der Waals surface area contributed by atoms with E-state index in [1.165, 1.54) is 6.42 Å². The maximum Gasteiger partial charge on any atom is 0.174 e. The topological polar surface area (TPSA) is 61.7 Å². The smallest absolute Gasteiger partial charge is 0.174 e. The third kappa shape index (κ3) is 0.542. The molecule has 0 aromatic carbocycles. The van der Waals surface area contributed by atoms with Gasteiger partial charge in [0.25, 0.3) is 0 Å². The van der Waals surface area contributed by atoms with E-state index in [9.17, 15) is 5.11 Å². The molecular formula is C13H17NO3. The highest BCUT2D eigenvalue weighted by Gasteiger charge is 2.97. The van der Waals surface area contributed by atoms with Gasteiger partial charge in [-0.1, -0.05) is 0 Å². The van der Waals surface area contributed by atoms with E-state index in [1.54, 1.807) is 0 Å². The summed E-state index contributed by atoms with van der Waals surface area (Å²) >= 11 is 0. The van der Waals surface area contributed by atoms with Gasteiger partial charge in [0.05, 0.1) is 6.61 Å². The van der Waals surface area contributed by atoms with Gasteiger partial charge >= 0.3 is 0 Å². The van der Waals surface area contributed by atoms with Crippen LogP contribution in [0.4, 0.5) is 0 Å². The summed E-state index contributed by atoms with van der Waals surface area (Å²) in [5, 5.41) is 23.4. The minimum atomic E-state index is -0.797. The molecule has 92 valence electrons. The van der Waals surface area contributed by atoms with Crippen LogP contribution in [-0.2, 0) is 4.74 Å². The first-order valence-corrected chi connectivity index (χ1v) is 7.02. The summed E-state index contributed by atoms with van der Waals surface area (Å²) in [4.78, 5) is 0. The standard InChI is InChI=1S/C13H17NO3/c15-2-1-14-12-8-4-3-5-7-6(4)10(12)11(7)13(16,17-12)9(5)8/h4-11,14-16H,1-3H2/t4-,5+,6-,7-,8+,9-,10-,11+,12-,13+/m0/s1. The molecule has 7 aliphatic rings. The number of nitrogens with one attached hydrogen (secondary N) is 1. The Balaban J connectivity index is 1.57. The molecule has 4 nitrogen and oxygen atoms in total. The first-order valence-electron chi connectivity index (χ1n) is 7.02. The first-order chi connectivity index (χ1) is 8.24. The number of ether oxygens (including phenoxy) is 1. The summed E-state index contributed by atoms with van der Waals surface area (Å²) in [5.74, 6) is 4.26. The van der Waals surface area contributed by atoms with E-state index in [2.05, 4.69) is 5.32 Å². The average molecular weight is 235 g/mol. The lowest BCUT2D eigenvalue weighted by atomic mass is 9.58.